The van der Waals surface area contributed by atoms with Crippen molar-refractivity contribution in [3.05, 3.63) is 0 Å². The molecule has 0 N–H and O–H groups in total. The largest absolute Gasteiger partial charge is 0.381 e. The summed E-state index contributed by atoms with van der Waals surface area (Å²) >= 11 is 0. The van der Waals surface area contributed by atoms with Gasteiger partial charge in [-0.05, 0) is 19.3 Å². The molecule has 1 heterocycles. The van der Waals surface area contributed by atoms with E-state index in [9.17, 15) is 9.59 Å². The van der Waals surface area contributed by atoms with Crippen LogP contribution in [0.5, 0.6) is 0 Å². The fourth-order valence-electron chi connectivity index (χ4n) is 9.97. The van der Waals surface area contributed by atoms with E-state index < -0.39 is 5.41 Å². The van der Waals surface area contributed by atoms with E-state index in [4.69, 9.17) is 4.74 Å². The molecule has 2 fully saturated rings. The SMILES string of the molecule is O=C1CC(=O)C12CCCCCCCCCCCCCCCCCCCCCCCCCCCCCCCCCCCCCCCCCCCCCCCCOCC2. The van der Waals surface area contributed by atoms with E-state index in [0.29, 0.717) is 13.0 Å². The predicted molar refractivity (Wildman–Crippen MR) is 249 cm³/mol. The van der Waals surface area contributed by atoms with Gasteiger partial charge >= 0.3 is 0 Å². The van der Waals surface area contributed by atoms with E-state index in [1.165, 1.54) is 276 Å². The van der Waals surface area contributed by atoms with Gasteiger partial charge in [-0.15, -0.1) is 0 Å². The highest BCUT2D eigenvalue weighted by Crippen LogP contribution is 2.42. The number of ketones is 2. The van der Waals surface area contributed by atoms with E-state index in [1.54, 1.807) is 0 Å². The van der Waals surface area contributed by atoms with Gasteiger partial charge in [-0.25, -0.2) is 0 Å². The van der Waals surface area contributed by atoms with Crippen LogP contribution < -0.4 is 0 Å². The molecule has 1 saturated carbocycles. The number of carbonyl (C=O) groups excluding carboxylic acids is 2. The molecule has 0 aromatic rings. The Morgan fingerprint density at radius 2 is 0.421 bits per heavy atom. The van der Waals surface area contributed by atoms with Crippen LogP contribution in [0.2, 0.25) is 0 Å². The lowest BCUT2D eigenvalue weighted by molar-refractivity contribution is -0.155. The molecule has 336 valence electrons. The minimum absolute atomic E-state index is 0.167. The van der Waals surface area contributed by atoms with Gasteiger partial charge in [0.1, 0.15) is 0 Å². The fraction of sp³-hybridized carbons (Fsp3) is 0.963. The van der Waals surface area contributed by atoms with Gasteiger partial charge in [0.2, 0.25) is 0 Å². The molecule has 57 heavy (non-hydrogen) atoms. The van der Waals surface area contributed by atoms with Crippen molar-refractivity contribution in [1.82, 2.24) is 0 Å². The van der Waals surface area contributed by atoms with Gasteiger partial charge in [0.25, 0.3) is 0 Å². The van der Waals surface area contributed by atoms with Crippen molar-refractivity contribution in [1.29, 1.82) is 0 Å². The zero-order valence-electron chi connectivity index (χ0n) is 38.8. The summed E-state index contributed by atoms with van der Waals surface area (Å²) in [4.78, 5) is 25.2. The molecule has 0 aromatic carbocycles. The summed E-state index contributed by atoms with van der Waals surface area (Å²) in [7, 11) is 0. The molecule has 0 radical (unpaired) electrons. The topological polar surface area (TPSA) is 43.4 Å². The molecule has 0 atom stereocenters. The molecule has 1 spiro atoms. The number of Topliss-reactive ketones (excluding diaryl/α,β-unsaturated/α-hetero) is 2. The van der Waals surface area contributed by atoms with E-state index >= 15 is 0 Å². The standard InChI is InChI=1S/C54H102O3/c55-52-51-53(56)54(52)47-45-43-41-39-37-35-33-31-29-27-25-23-21-19-17-15-13-11-9-7-5-3-1-2-4-6-8-10-12-14-16-18-20-22-24-26-28-30-32-34-36-38-40-42-44-46-49-57-50-48-54/h1-51H2. The number of ether oxygens (including phenoxy) is 1. The summed E-state index contributed by atoms with van der Waals surface area (Å²) in [5.41, 5.74) is -0.693. The van der Waals surface area contributed by atoms with Crippen molar-refractivity contribution >= 4 is 11.6 Å². The maximum absolute atomic E-state index is 12.6. The summed E-state index contributed by atoms with van der Waals surface area (Å²) in [5, 5.41) is 0. The molecule has 3 heteroatoms. The maximum atomic E-state index is 12.6. The first kappa shape index (κ1) is 52.4. The van der Waals surface area contributed by atoms with Gasteiger partial charge < -0.3 is 4.74 Å². The monoisotopic (exact) mass is 799 g/mol. The first-order valence-corrected chi connectivity index (χ1v) is 26.9. The van der Waals surface area contributed by atoms with Crippen molar-refractivity contribution < 1.29 is 14.3 Å². The zero-order chi connectivity index (χ0) is 40.4. The van der Waals surface area contributed by atoms with E-state index in [2.05, 4.69) is 0 Å². The Balaban J connectivity index is 1.50. The summed E-state index contributed by atoms with van der Waals surface area (Å²) in [6.45, 7) is 1.34. The molecule has 0 unspecified atom stereocenters. The van der Waals surface area contributed by atoms with E-state index in [1.807, 2.05) is 0 Å². The smallest absolute Gasteiger partial charge is 0.153 e. The third kappa shape index (κ3) is 30.9. The van der Waals surface area contributed by atoms with Gasteiger partial charge in [0.15, 0.2) is 11.6 Å². The van der Waals surface area contributed by atoms with Crippen LogP contribution in [0.3, 0.4) is 0 Å². The lowest BCUT2D eigenvalue weighted by Crippen LogP contribution is -2.51. The molecular weight excluding hydrogens is 697 g/mol. The second-order valence-corrected chi connectivity index (χ2v) is 19.5. The Bertz CT molecular complexity index is 797. The Morgan fingerprint density at radius 1 is 0.228 bits per heavy atom. The van der Waals surface area contributed by atoms with Gasteiger partial charge in [-0.3, -0.25) is 9.59 Å². The third-order valence-corrected chi connectivity index (χ3v) is 14.2. The molecular formula is C54H102O3. The van der Waals surface area contributed by atoms with Crippen LogP contribution in [0.25, 0.3) is 0 Å². The Hall–Kier alpha value is -0.700. The van der Waals surface area contributed by atoms with Crippen molar-refractivity contribution in [2.75, 3.05) is 13.2 Å². The van der Waals surface area contributed by atoms with Crippen LogP contribution >= 0.6 is 0 Å². The van der Waals surface area contributed by atoms with Crippen LogP contribution in [0.15, 0.2) is 0 Å². The number of hydrogen-bond acceptors (Lipinski definition) is 3. The molecule has 0 amide bonds. The Morgan fingerprint density at radius 3 is 0.632 bits per heavy atom. The average Bonchev–Trinajstić information content (AvgIpc) is 3.21. The summed E-state index contributed by atoms with van der Waals surface area (Å²) in [6.07, 6.45) is 66.4. The highest BCUT2D eigenvalue weighted by Gasteiger charge is 2.53. The van der Waals surface area contributed by atoms with E-state index in [-0.39, 0.29) is 18.0 Å². The number of hydrogen-bond donors (Lipinski definition) is 0. The lowest BCUT2D eigenvalue weighted by atomic mass is 9.61. The average molecular weight is 799 g/mol. The molecule has 1 aliphatic carbocycles. The second kappa shape index (κ2) is 40.7. The molecule has 0 bridgehead atoms. The zero-order valence-corrected chi connectivity index (χ0v) is 38.8. The summed E-state index contributed by atoms with van der Waals surface area (Å²) in [5.74, 6) is 0.371. The van der Waals surface area contributed by atoms with E-state index in [0.717, 1.165) is 32.3 Å². The second-order valence-electron chi connectivity index (χ2n) is 19.5. The van der Waals surface area contributed by atoms with Crippen molar-refractivity contribution in [3.8, 4) is 0 Å². The van der Waals surface area contributed by atoms with Gasteiger partial charge in [0, 0.05) is 13.2 Å². The minimum Gasteiger partial charge on any atom is -0.381 e. The maximum Gasteiger partial charge on any atom is 0.153 e. The van der Waals surface area contributed by atoms with Crippen molar-refractivity contribution in [2.45, 2.75) is 315 Å². The molecule has 1 saturated heterocycles. The van der Waals surface area contributed by atoms with Gasteiger partial charge in [-0.2, -0.15) is 0 Å². The van der Waals surface area contributed by atoms with Crippen LogP contribution in [0.4, 0.5) is 0 Å². The minimum atomic E-state index is -0.693. The van der Waals surface area contributed by atoms with Gasteiger partial charge in [-0.1, -0.05) is 289 Å². The normalized spacial score (nSPS) is 24.9. The van der Waals surface area contributed by atoms with Crippen molar-refractivity contribution in [3.63, 3.8) is 0 Å². The van der Waals surface area contributed by atoms with Crippen LogP contribution in [-0.4, -0.2) is 24.8 Å². The Kier molecular flexibility index (Phi) is 37.4. The first-order valence-electron chi connectivity index (χ1n) is 26.9. The molecule has 2 rings (SSSR count). The first-order chi connectivity index (χ1) is 28.3. The van der Waals surface area contributed by atoms with Crippen LogP contribution in [0, 0.1) is 5.41 Å². The fourth-order valence-corrected chi connectivity index (χ4v) is 9.97. The highest BCUT2D eigenvalue weighted by molar-refractivity contribution is 6.24. The van der Waals surface area contributed by atoms with Crippen molar-refractivity contribution in [2.24, 2.45) is 5.41 Å². The Labute approximate surface area is 358 Å². The molecule has 1 aliphatic heterocycles. The predicted octanol–water partition coefficient (Wildman–Crippen LogP) is 18.3. The lowest BCUT2D eigenvalue weighted by Gasteiger charge is -2.38. The highest BCUT2D eigenvalue weighted by atomic mass is 16.5. The number of carbonyl (C=O) groups is 2. The molecule has 3 nitrogen and oxygen atoms in total. The van der Waals surface area contributed by atoms with Gasteiger partial charge in [0.05, 0.1) is 11.8 Å². The number of rotatable bonds is 0. The summed E-state index contributed by atoms with van der Waals surface area (Å²) < 4.78 is 5.95. The molecule has 0 aromatic heterocycles. The summed E-state index contributed by atoms with van der Waals surface area (Å²) in [6, 6.07) is 0. The molecule has 2 aliphatic rings. The quantitative estimate of drug-likeness (QED) is 0.229. The van der Waals surface area contributed by atoms with Crippen LogP contribution in [0.1, 0.15) is 315 Å². The van der Waals surface area contributed by atoms with Crippen LogP contribution in [-0.2, 0) is 14.3 Å². The third-order valence-electron chi connectivity index (χ3n) is 14.2.